The maximum atomic E-state index is 2.38. The lowest BCUT2D eigenvalue weighted by Gasteiger charge is -2.32. The molecule has 0 heterocycles. The van der Waals surface area contributed by atoms with Crippen molar-refractivity contribution in [2.75, 3.05) is 9.80 Å². The fourth-order valence-corrected chi connectivity index (χ4v) is 6.88. The first-order valence-electron chi connectivity index (χ1n) is 18.0. The lowest BCUT2D eigenvalue weighted by molar-refractivity contribution is 0.550. The first kappa shape index (κ1) is 34.8. The summed E-state index contributed by atoms with van der Waals surface area (Å²) in [5.74, 6) is 0. The molecule has 0 unspecified atom stereocenters. The average molecular weight is 657 g/mol. The van der Waals surface area contributed by atoms with Crippen LogP contribution in [0.2, 0.25) is 0 Å². The maximum Gasteiger partial charge on any atom is 0.0464 e. The number of hydrogen-bond donors (Lipinski definition) is 0. The molecule has 0 fully saturated rings. The molecular formula is C48H52N2. The Hall–Kier alpha value is -5.08. The summed E-state index contributed by atoms with van der Waals surface area (Å²) >= 11 is 0. The van der Waals surface area contributed by atoms with Gasteiger partial charge in [0.05, 0.1) is 0 Å². The number of anilines is 6. The molecule has 2 nitrogen and oxygen atoms in total. The van der Waals surface area contributed by atoms with E-state index >= 15 is 0 Å². The van der Waals surface area contributed by atoms with E-state index in [1.54, 1.807) is 0 Å². The van der Waals surface area contributed by atoms with Crippen LogP contribution in [-0.4, -0.2) is 0 Å². The van der Waals surface area contributed by atoms with Crippen LogP contribution in [0.3, 0.4) is 0 Å². The highest BCUT2D eigenvalue weighted by Gasteiger charge is 2.28. The summed E-state index contributed by atoms with van der Waals surface area (Å²) in [6.45, 7) is 22.2. The monoisotopic (exact) mass is 656 g/mol. The summed E-state index contributed by atoms with van der Waals surface area (Å²) in [4.78, 5) is 4.77. The number of rotatable bonds is 9. The summed E-state index contributed by atoms with van der Waals surface area (Å²) < 4.78 is 0. The molecule has 50 heavy (non-hydrogen) atoms. The molecule has 0 aliphatic heterocycles. The highest BCUT2D eigenvalue weighted by atomic mass is 15.1. The van der Waals surface area contributed by atoms with Gasteiger partial charge in [-0.1, -0.05) is 62.4 Å². The van der Waals surface area contributed by atoms with E-state index in [1.807, 2.05) is 0 Å². The predicted octanol–water partition coefficient (Wildman–Crippen LogP) is 13.8. The van der Waals surface area contributed by atoms with Gasteiger partial charge in [-0.3, -0.25) is 0 Å². The van der Waals surface area contributed by atoms with Crippen LogP contribution in [0.4, 0.5) is 34.1 Å². The molecular weight excluding hydrogens is 605 g/mol. The van der Waals surface area contributed by atoms with E-state index in [0.29, 0.717) is 0 Å². The number of aryl methyl sites for hydroxylation is 8. The molecule has 6 aromatic carbocycles. The molecule has 0 aliphatic rings. The normalized spacial score (nSPS) is 11.5. The Labute approximate surface area is 301 Å². The third-order valence-corrected chi connectivity index (χ3v) is 11.2. The number of hydrogen-bond acceptors (Lipinski definition) is 2. The second-order valence-electron chi connectivity index (χ2n) is 14.5. The molecule has 0 atom stereocenters. The molecule has 0 radical (unpaired) electrons. The second kappa shape index (κ2) is 14.0. The van der Waals surface area contributed by atoms with Crippen molar-refractivity contribution in [1.82, 2.24) is 0 Å². The number of nitrogens with zero attached hydrogens (tertiary/aromatic N) is 2. The lowest BCUT2D eigenvalue weighted by Crippen LogP contribution is -2.23. The van der Waals surface area contributed by atoms with E-state index in [-0.39, 0.29) is 5.41 Å². The van der Waals surface area contributed by atoms with Crippen molar-refractivity contribution in [1.29, 1.82) is 0 Å². The van der Waals surface area contributed by atoms with Crippen molar-refractivity contribution in [2.24, 2.45) is 0 Å². The number of benzene rings is 6. The highest BCUT2D eigenvalue weighted by molar-refractivity contribution is 5.79. The Balaban J connectivity index is 1.37. The molecule has 0 saturated carbocycles. The van der Waals surface area contributed by atoms with Crippen molar-refractivity contribution in [3.8, 4) is 0 Å². The summed E-state index contributed by atoms with van der Waals surface area (Å²) in [6.07, 6.45) is 0.988. The third-order valence-electron chi connectivity index (χ3n) is 11.2. The zero-order chi connectivity index (χ0) is 35.7. The van der Waals surface area contributed by atoms with Gasteiger partial charge >= 0.3 is 0 Å². The second-order valence-corrected chi connectivity index (χ2v) is 14.5. The average Bonchev–Trinajstić information content (AvgIpc) is 3.11. The minimum Gasteiger partial charge on any atom is -0.310 e. The Bertz CT molecular complexity index is 1880. The van der Waals surface area contributed by atoms with Crippen molar-refractivity contribution < 1.29 is 0 Å². The van der Waals surface area contributed by atoms with Gasteiger partial charge in [-0.05, 0) is 190 Å². The molecule has 6 rings (SSSR count). The van der Waals surface area contributed by atoms with Gasteiger partial charge in [0.25, 0.3) is 0 Å². The van der Waals surface area contributed by atoms with Crippen LogP contribution in [0.15, 0.2) is 121 Å². The first-order valence-corrected chi connectivity index (χ1v) is 18.0. The van der Waals surface area contributed by atoms with Crippen LogP contribution in [0.1, 0.15) is 75.9 Å². The van der Waals surface area contributed by atoms with E-state index in [4.69, 9.17) is 0 Å². The van der Waals surface area contributed by atoms with Gasteiger partial charge < -0.3 is 9.80 Å². The fourth-order valence-electron chi connectivity index (χ4n) is 6.88. The van der Waals surface area contributed by atoms with Crippen LogP contribution >= 0.6 is 0 Å². The highest BCUT2D eigenvalue weighted by Crippen LogP contribution is 2.42. The van der Waals surface area contributed by atoms with E-state index in [9.17, 15) is 0 Å². The molecule has 0 aliphatic carbocycles. The molecule has 6 aromatic rings. The van der Waals surface area contributed by atoms with Gasteiger partial charge in [-0.2, -0.15) is 0 Å². The summed E-state index contributed by atoms with van der Waals surface area (Å²) in [5.41, 5.74) is 19.9. The van der Waals surface area contributed by atoms with Crippen molar-refractivity contribution >= 4 is 34.1 Å². The van der Waals surface area contributed by atoms with Crippen LogP contribution in [0.25, 0.3) is 0 Å². The quantitative estimate of drug-likeness (QED) is 0.153. The largest absolute Gasteiger partial charge is 0.310 e. The van der Waals surface area contributed by atoms with Gasteiger partial charge in [0.2, 0.25) is 0 Å². The van der Waals surface area contributed by atoms with Gasteiger partial charge in [0.1, 0.15) is 0 Å². The molecule has 254 valence electrons. The molecule has 0 amide bonds. The summed E-state index contributed by atoms with van der Waals surface area (Å²) in [7, 11) is 0. The Morgan fingerprint density at radius 1 is 0.340 bits per heavy atom. The molecule has 2 heteroatoms. The Morgan fingerprint density at radius 3 is 0.800 bits per heavy atom. The zero-order valence-corrected chi connectivity index (χ0v) is 31.6. The zero-order valence-electron chi connectivity index (χ0n) is 31.6. The van der Waals surface area contributed by atoms with Gasteiger partial charge in [-0.25, -0.2) is 0 Å². The van der Waals surface area contributed by atoms with Crippen molar-refractivity contribution in [3.05, 3.63) is 177 Å². The van der Waals surface area contributed by atoms with E-state index in [2.05, 4.69) is 200 Å². The van der Waals surface area contributed by atoms with Gasteiger partial charge in [0, 0.05) is 39.5 Å². The van der Waals surface area contributed by atoms with E-state index < -0.39 is 0 Å². The summed E-state index contributed by atoms with van der Waals surface area (Å²) in [5, 5.41) is 0. The minimum absolute atomic E-state index is 0.144. The Morgan fingerprint density at radius 2 is 0.580 bits per heavy atom. The smallest absolute Gasteiger partial charge is 0.0464 e. The minimum atomic E-state index is -0.144. The van der Waals surface area contributed by atoms with E-state index in [1.165, 1.54) is 78.4 Å². The van der Waals surface area contributed by atoms with Crippen LogP contribution in [0.5, 0.6) is 0 Å². The third kappa shape index (κ3) is 6.72. The lowest BCUT2D eigenvalue weighted by atomic mass is 9.74. The van der Waals surface area contributed by atoms with Crippen molar-refractivity contribution in [3.63, 3.8) is 0 Å². The van der Waals surface area contributed by atoms with E-state index in [0.717, 1.165) is 17.8 Å². The standard InChI is InChI=1S/C48H52N2/c1-11-48(10,40-16-24-42(25-17-40)49(44-20-12-32(2)36(6)28-44)45-21-13-33(3)37(7)29-45)41-18-26-43(27-19-41)50(46-22-14-34(4)38(8)30-46)47-23-15-35(5)39(9)31-47/h12-31H,11H2,1-10H3. The summed E-state index contributed by atoms with van der Waals surface area (Å²) in [6, 6.07) is 45.6. The molecule has 0 aromatic heterocycles. The molecule has 0 saturated heterocycles. The molecule has 0 spiro atoms. The molecule has 0 bridgehead atoms. The van der Waals surface area contributed by atoms with Crippen LogP contribution in [-0.2, 0) is 5.41 Å². The topological polar surface area (TPSA) is 6.48 Å². The van der Waals surface area contributed by atoms with Gasteiger partial charge in [-0.15, -0.1) is 0 Å². The maximum absolute atomic E-state index is 2.38. The first-order chi connectivity index (χ1) is 23.9. The predicted molar refractivity (Wildman–Crippen MR) is 217 cm³/mol. The SMILES string of the molecule is CCC(C)(c1ccc(N(c2ccc(C)c(C)c2)c2ccc(C)c(C)c2)cc1)c1ccc(N(c2ccc(C)c(C)c2)c2ccc(C)c(C)c2)cc1. The van der Waals surface area contributed by atoms with Gasteiger partial charge in [0.15, 0.2) is 0 Å². The van der Waals surface area contributed by atoms with Crippen LogP contribution in [0, 0.1) is 55.4 Å². The fraction of sp³-hybridized carbons (Fsp3) is 0.250. The Kier molecular flexibility index (Phi) is 9.76. The van der Waals surface area contributed by atoms with Crippen LogP contribution < -0.4 is 9.80 Å². The van der Waals surface area contributed by atoms with Crippen molar-refractivity contribution in [2.45, 2.75) is 81.1 Å². The molecule has 0 N–H and O–H groups in total.